The molecule has 0 spiro atoms. The van der Waals surface area contributed by atoms with Crippen molar-refractivity contribution < 1.29 is 14.3 Å². The van der Waals surface area contributed by atoms with Crippen molar-refractivity contribution in [1.82, 2.24) is 0 Å². The molecular weight excluding hydrogens is 228 g/mol. The molecule has 3 nitrogen and oxygen atoms in total. The van der Waals surface area contributed by atoms with Crippen molar-refractivity contribution in [3.63, 3.8) is 0 Å². The average molecular weight is 246 g/mol. The fourth-order valence-electron chi connectivity index (χ4n) is 1.81. The molecule has 0 radical (unpaired) electrons. The van der Waals surface area contributed by atoms with E-state index >= 15 is 0 Å². The first-order valence-electron chi connectivity index (χ1n) is 6.10. The minimum absolute atomic E-state index is 0.0525. The maximum Gasteiger partial charge on any atom is 0.119 e. The van der Waals surface area contributed by atoms with Crippen LogP contribution < -0.4 is 4.74 Å². The second-order valence-electron chi connectivity index (χ2n) is 4.46. The number of aliphatic hydroxyl groups is 1. The van der Waals surface area contributed by atoms with Crippen LogP contribution in [0.15, 0.2) is 47.1 Å². The van der Waals surface area contributed by atoms with Gasteiger partial charge in [0.15, 0.2) is 0 Å². The smallest absolute Gasteiger partial charge is 0.119 e. The number of hydrogen-bond donors (Lipinski definition) is 1. The summed E-state index contributed by atoms with van der Waals surface area (Å²) < 4.78 is 11.0. The Kier molecular flexibility index (Phi) is 4.42. The van der Waals surface area contributed by atoms with Crippen molar-refractivity contribution in [2.45, 2.75) is 13.3 Å². The van der Waals surface area contributed by atoms with Crippen LogP contribution in [0.5, 0.6) is 5.75 Å². The van der Waals surface area contributed by atoms with Crippen LogP contribution in [-0.2, 0) is 6.42 Å². The van der Waals surface area contributed by atoms with E-state index in [0.29, 0.717) is 13.0 Å². The minimum Gasteiger partial charge on any atom is -0.493 e. The average Bonchev–Trinajstić information content (AvgIpc) is 2.87. The number of hydrogen-bond acceptors (Lipinski definition) is 3. The highest BCUT2D eigenvalue weighted by molar-refractivity contribution is 5.27. The standard InChI is InChI=1S/C15H18O3/c1-12-4-2-5-14(8-12)18-11-13(10-16)9-15-6-3-7-17-15/h2-8,13,16H,9-11H2,1H3. The van der Waals surface area contributed by atoms with Crippen molar-refractivity contribution in [2.24, 2.45) is 5.92 Å². The van der Waals surface area contributed by atoms with Gasteiger partial charge in [0.05, 0.1) is 12.9 Å². The molecule has 1 aromatic heterocycles. The highest BCUT2D eigenvalue weighted by Crippen LogP contribution is 2.15. The van der Waals surface area contributed by atoms with Crippen LogP contribution in [0.2, 0.25) is 0 Å². The number of benzene rings is 1. The lowest BCUT2D eigenvalue weighted by Gasteiger charge is -2.14. The fourth-order valence-corrected chi connectivity index (χ4v) is 1.81. The summed E-state index contributed by atoms with van der Waals surface area (Å²) in [5, 5.41) is 9.34. The van der Waals surface area contributed by atoms with Gasteiger partial charge in [0.1, 0.15) is 11.5 Å². The van der Waals surface area contributed by atoms with Crippen molar-refractivity contribution in [3.8, 4) is 5.75 Å². The fraction of sp³-hybridized carbons (Fsp3) is 0.333. The second kappa shape index (κ2) is 6.26. The largest absolute Gasteiger partial charge is 0.493 e. The summed E-state index contributed by atoms with van der Waals surface area (Å²) in [6.45, 7) is 2.60. The number of aliphatic hydroxyl groups excluding tert-OH is 1. The lowest BCUT2D eigenvalue weighted by atomic mass is 10.1. The summed E-state index contributed by atoms with van der Waals surface area (Å²) >= 11 is 0. The van der Waals surface area contributed by atoms with Crippen molar-refractivity contribution in [3.05, 3.63) is 54.0 Å². The molecule has 0 aliphatic rings. The van der Waals surface area contributed by atoms with Crippen LogP contribution in [0.1, 0.15) is 11.3 Å². The molecule has 1 N–H and O–H groups in total. The van der Waals surface area contributed by atoms with Crippen LogP contribution in [0.3, 0.4) is 0 Å². The molecule has 1 unspecified atom stereocenters. The Hall–Kier alpha value is -1.74. The normalized spacial score (nSPS) is 12.3. The first kappa shape index (κ1) is 12.7. The van der Waals surface area contributed by atoms with E-state index in [1.165, 1.54) is 5.56 Å². The number of ether oxygens (including phenoxy) is 1. The van der Waals surface area contributed by atoms with Crippen LogP contribution in [0.4, 0.5) is 0 Å². The van der Waals surface area contributed by atoms with E-state index in [9.17, 15) is 5.11 Å². The summed E-state index contributed by atoms with van der Waals surface area (Å²) in [6, 6.07) is 11.7. The van der Waals surface area contributed by atoms with Gasteiger partial charge in [0.25, 0.3) is 0 Å². The van der Waals surface area contributed by atoms with E-state index in [1.54, 1.807) is 6.26 Å². The predicted molar refractivity (Wildman–Crippen MR) is 69.7 cm³/mol. The Morgan fingerprint density at radius 2 is 2.17 bits per heavy atom. The molecule has 0 fully saturated rings. The molecule has 1 heterocycles. The van der Waals surface area contributed by atoms with Gasteiger partial charge in [-0.1, -0.05) is 12.1 Å². The molecule has 96 valence electrons. The van der Waals surface area contributed by atoms with E-state index in [2.05, 4.69) is 0 Å². The second-order valence-corrected chi connectivity index (χ2v) is 4.46. The molecule has 0 aliphatic heterocycles. The third-order valence-electron chi connectivity index (χ3n) is 2.80. The molecule has 1 atom stereocenters. The molecule has 0 bridgehead atoms. The maximum absolute atomic E-state index is 9.34. The molecule has 0 saturated heterocycles. The molecule has 0 aliphatic carbocycles. The molecule has 2 aromatic rings. The van der Waals surface area contributed by atoms with Gasteiger partial charge < -0.3 is 14.3 Å². The molecular formula is C15H18O3. The van der Waals surface area contributed by atoms with Crippen LogP contribution in [0, 0.1) is 12.8 Å². The van der Waals surface area contributed by atoms with E-state index in [0.717, 1.165) is 11.5 Å². The van der Waals surface area contributed by atoms with E-state index in [1.807, 2.05) is 43.3 Å². The van der Waals surface area contributed by atoms with Crippen LogP contribution in [-0.4, -0.2) is 18.3 Å². The zero-order chi connectivity index (χ0) is 12.8. The predicted octanol–water partition coefficient (Wildman–Crippen LogP) is 2.82. The summed E-state index contributed by atoms with van der Waals surface area (Å²) in [7, 11) is 0. The number of furan rings is 1. The van der Waals surface area contributed by atoms with Gasteiger partial charge >= 0.3 is 0 Å². The molecule has 3 heteroatoms. The Morgan fingerprint density at radius 1 is 1.28 bits per heavy atom. The van der Waals surface area contributed by atoms with Gasteiger partial charge in [-0.2, -0.15) is 0 Å². The summed E-state index contributed by atoms with van der Waals surface area (Å²) in [5.41, 5.74) is 1.17. The molecule has 2 rings (SSSR count). The van der Waals surface area contributed by atoms with Gasteiger partial charge in [-0.15, -0.1) is 0 Å². The van der Waals surface area contributed by atoms with E-state index < -0.39 is 0 Å². The highest BCUT2D eigenvalue weighted by Gasteiger charge is 2.11. The van der Waals surface area contributed by atoms with Crippen LogP contribution >= 0.6 is 0 Å². The minimum atomic E-state index is 0.0525. The zero-order valence-corrected chi connectivity index (χ0v) is 10.5. The van der Waals surface area contributed by atoms with E-state index in [-0.39, 0.29) is 12.5 Å². The monoisotopic (exact) mass is 246 g/mol. The Labute approximate surface area is 107 Å². The van der Waals surface area contributed by atoms with Gasteiger partial charge in [0.2, 0.25) is 0 Å². The zero-order valence-electron chi connectivity index (χ0n) is 10.5. The first-order valence-corrected chi connectivity index (χ1v) is 6.10. The van der Waals surface area contributed by atoms with Gasteiger partial charge in [-0.25, -0.2) is 0 Å². The van der Waals surface area contributed by atoms with Gasteiger partial charge in [-0.3, -0.25) is 0 Å². The summed E-state index contributed by atoms with van der Waals surface area (Å²) in [4.78, 5) is 0. The number of aryl methyl sites for hydroxylation is 1. The lowest BCUT2D eigenvalue weighted by molar-refractivity contribution is 0.158. The Balaban J connectivity index is 1.87. The SMILES string of the molecule is Cc1cccc(OCC(CO)Cc2ccco2)c1. The Bertz CT molecular complexity index is 462. The van der Waals surface area contributed by atoms with Gasteiger partial charge in [0, 0.05) is 18.9 Å². The van der Waals surface area contributed by atoms with Gasteiger partial charge in [-0.05, 0) is 36.8 Å². The van der Waals surface area contributed by atoms with E-state index in [4.69, 9.17) is 9.15 Å². The third-order valence-corrected chi connectivity index (χ3v) is 2.80. The third kappa shape index (κ3) is 3.64. The molecule has 0 saturated carbocycles. The maximum atomic E-state index is 9.34. The topological polar surface area (TPSA) is 42.6 Å². The summed E-state index contributed by atoms with van der Waals surface area (Å²) in [5.74, 6) is 1.77. The summed E-state index contributed by atoms with van der Waals surface area (Å²) in [6.07, 6.45) is 2.33. The number of rotatable bonds is 6. The molecule has 0 amide bonds. The highest BCUT2D eigenvalue weighted by atomic mass is 16.5. The first-order chi connectivity index (χ1) is 8.78. The van der Waals surface area contributed by atoms with Crippen molar-refractivity contribution in [1.29, 1.82) is 0 Å². The lowest BCUT2D eigenvalue weighted by Crippen LogP contribution is -2.18. The van der Waals surface area contributed by atoms with Crippen molar-refractivity contribution >= 4 is 0 Å². The van der Waals surface area contributed by atoms with Crippen molar-refractivity contribution in [2.75, 3.05) is 13.2 Å². The quantitative estimate of drug-likeness (QED) is 0.852. The Morgan fingerprint density at radius 3 is 2.83 bits per heavy atom. The van der Waals surface area contributed by atoms with Crippen LogP contribution in [0.25, 0.3) is 0 Å². The molecule has 18 heavy (non-hydrogen) atoms. The molecule has 1 aromatic carbocycles.